The van der Waals surface area contributed by atoms with Crippen molar-refractivity contribution in [3.05, 3.63) is 41.8 Å². The lowest BCUT2D eigenvalue weighted by Crippen LogP contribution is -2.48. The lowest BCUT2D eigenvalue weighted by molar-refractivity contribution is -0.114. The maximum Gasteiger partial charge on any atom is 0.221 e. The highest BCUT2D eigenvalue weighted by atomic mass is 32.1. The Morgan fingerprint density at radius 1 is 1.27 bits per heavy atom. The van der Waals surface area contributed by atoms with Gasteiger partial charge in [-0.05, 0) is 49.4 Å². The number of piperidine rings is 1. The molecule has 162 valence electrons. The summed E-state index contributed by atoms with van der Waals surface area (Å²) in [6.45, 7) is 7.52. The van der Waals surface area contributed by atoms with Gasteiger partial charge in [-0.25, -0.2) is 4.99 Å². The maximum absolute atomic E-state index is 11.2. The molecule has 0 aliphatic carbocycles. The van der Waals surface area contributed by atoms with Crippen molar-refractivity contribution in [2.75, 3.05) is 43.0 Å². The van der Waals surface area contributed by atoms with Crippen LogP contribution in [0.3, 0.4) is 0 Å². The van der Waals surface area contributed by atoms with Gasteiger partial charge in [0.2, 0.25) is 5.91 Å². The average Bonchev–Trinajstić information content (AvgIpc) is 3.26. The quantitative estimate of drug-likeness (QED) is 0.341. The normalized spacial score (nSPS) is 15.0. The maximum atomic E-state index is 11.2. The molecule has 1 amide bonds. The Morgan fingerprint density at radius 2 is 2.10 bits per heavy atom. The number of nitrogens with one attached hydrogen (secondary N) is 3. The molecule has 3 N–H and O–H groups in total. The van der Waals surface area contributed by atoms with Gasteiger partial charge in [-0.15, -0.1) is 11.3 Å². The minimum atomic E-state index is -0.0978. The summed E-state index contributed by atoms with van der Waals surface area (Å²) in [5.41, 5.74) is 0.729. The fraction of sp³-hybridized carbons (Fsp3) is 0.455. The number of carbonyl (C=O) groups excluding carboxylic acids is 1. The van der Waals surface area contributed by atoms with Crippen LogP contribution in [-0.2, 0) is 4.79 Å². The molecule has 2 aromatic rings. The van der Waals surface area contributed by atoms with Gasteiger partial charge >= 0.3 is 0 Å². The second kappa shape index (κ2) is 11.4. The third-order valence-electron chi connectivity index (χ3n) is 4.78. The third kappa shape index (κ3) is 6.95. The Kier molecular flexibility index (Phi) is 8.38. The minimum Gasteiger partial charge on any atom is -0.492 e. The highest BCUT2D eigenvalue weighted by Crippen LogP contribution is 2.24. The highest BCUT2D eigenvalue weighted by molar-refractivity contribution is 7.14. The van der Waals surface area contributed by atoms with Crippen LogP contribution >= 0.6 is 11.3 Å². The van der Waals surface area contributed by atoms with Crippen molar-refractivity contribution in [3.8, 4) is 5.75 Å². The number of nitrogens with zero attached hydrogens (tertiary/aromatic N) is 2. The van der Waals surface area contributed by atoms with Crippen molar-refractivity contribution in [2.24, 2.45) is 4.99 Å². The van der Waals surface area contributed by atoms with Gasteiger partial charge in [-0.1, -0.05) is 6.07 Å². The van der Waals surface area contributed by atoms with Crippen molar-refractivity contribution >= 4 is 33.9 Å². The van der Waals surface area contributed by atoms with E-state index in [0.29, 0.717) is 19.2 Å². The fourth-order valence-corrected chi connectivity index (χ4v) is 4.18. The number of carbonyl (C=O) groups is 1. The first-order chi connectivity index (χ1) is 14.6. The van der Waals surface area contributed by atoms with Crippen LogP contribution in [0.4, 0.5) is 10.7 Å². The van der Waals surface area contributed by atoms with Crippen LogP contribution in [0.5, 0.6) is 5.75 Å². The van der Waals surface area contributed by atoms with Crippen molar-refractivity contribution < 1.29 is 9.53 Å². The molecule has 0 radical (unpaired) electrons. The van der Waals surface area contributed by atoms with Gasteiger partial charge in [0.25, 0.3) is 0 Å². The number of anilines is 2. The van der Waals surface area contributed by atoms with Crippen molar-refractivity contribution in [2.45, 2.75) is 32.7 Å². The first-order valence-electron chi connectivity index (χ1n) is 10.5. The van der Waals surface area contributed by atoms with Gasteiger partial charge in [0.1, 0.15) is 12.4 Å². The van der Waals surface area contributed by atoms with Crippen LogP contribution in [0.15, 0.2) is 46.8 Å². The van der Waals surface area contributed by atoms with E-state index in [0.717, 1.165) is 49.9 Å². The Morgan fingerprint density at radius 3 is 2.80 bits per heavy atom. The van der Waals surface area contributed by atoms with Crippen LogP contribution in [0.25, 0.3) is 0 Å². The molecule has 3 rings (SSSR count). The molecule has 0 unspecified atom stereocenters. The third-order valence-corrected chi connectivity index (χ3v) is 5.71. The molecule has 1 saturated heterocycles. The van der Waals surface area contributed by atoms with Gasteiger partial charge in [0.05, 0.1) is 11.5 Å². The second-order valence-corrected chi connectivity index (χ2v) is 8.10. The average molecular weight is 430 g/mol. The van der Waals surface area contributed by atoms with E-state index in [1.165, 1.54) is 11.9 Å². The van der Waals surface area contributed by atoms with E-state index in [4.69, 9.17) is 4.74 Å². The summed E-state index contributed by atoms with van der Waals surface area (Å²) in [5.74, 6) is 1.46. The van der Waals surface area contributed by atoms with Crippen LogP contribution in [-0.4, -0.2) is 50.7 Å². The summed E-state index contributed by atoms with van der Waals surface area (Å²) in [6, 6.07) is 12.1. The van der Waals surface area contributed by atoms with E-state index < -0.39 is 0 Å². The van der Waals surface area contributed by atoms with Gasteiger partial charge in [-0.3, -0.25) is 4.79 Å². The molecule has 30 heavy (non-hydrogen) atoms. The van der Waals surface area contributed by atoms with Crippen LogP contribution in [0.2, 0.25) is 0 Å². The zero-order valence-electron chi connectivity index (χ0n) is 17.7. The van der Waals surface area contributed by atoms with Crippen LogP contribution in [0, 0.1) is 0 Å². The number of benzene rings is 1. The molecule has 1 aromatic carbocycles. The lowest BCUT2D eigenvalue weighted by atomic mass is 10.1. The summed E-state index contributed by atoms with van der Waals surface area (Å²) < 4.78 is 5.78. The van der Waals surface area contributed by atoms with E-state index in [1.807, 2.05) is 24.3 Å². The molecule has 1 aliphatic heterocycles. The number of amides is 1. The zero-order chi connectivity index (χ0) is 21.2. The molecule has 7 nitrogen and oxygen atoms in total. The molecule has 0 bridgehead atoms. The predicted molar refractivity (Wildman–Crippen MR) is 125 cm³/mol. The molecule has 1 aliphatic rings. The molecule has 8 heteroatoms. The molecular weight excluding hydrogens is 398 g/mol. The summed E-state index contributed by atoms with van der Waals surface area (Å²) in [7, 11) is 0. The minimum absolute atomic E-state index is 0.0978. The number of guanidine groups is 1. The molecule has 2 heterocycles. The smallest absolute Gasteiger partial charge is 0.221 e. The summed E-state index contributed by atoms with van der Waals surface area (Å²) in [6.07, 6.45) is 2.18. The SMILES string of the molecule is CCNC(=NCCOc1cccc(NC(C)=O)c1)NC1CCN(c2cccs2)CC1. The summed E-state index contributed by atoms with van der Waals surface area (Å²) in [5, 5.41) is 13.1. The van der Waals surface area contributed by atoms with Crippen molar-refractivity contribution in [1.82, 2.24) is 10.6 Å². The topological polar surface area (TPSA) is 78.0 Å². The van der Waals surface area contributed by atoms with Crippen LogP contribution < -0.4 is 25.6 Å². The number of aliphatic imine (C=N–C) groups is 1. The van der Waals surface area contributed by atoms with E-state index in [2.05, 4.69) is 50.3 Å². The van der Waals surface area contributed by atoms with E-state index in [9.17, 15) is 4.79 Å². The van der Waals surface area contributed by atoms with Gasteiger partial charge in [0, 0.05) is 44.4 Å². The lowest BCUT2D eigenvalue weighted by Gasteiger charge is -2.33. The molecule has 1 fully saturated rings. The number of hydrogen-bond acceptors (Lipinski definition) is 5. The van der Waals surface area contributed by atoms with Gasteiger partial charge < -0.3 is 25.6 Å². The first-order valence-corrected chi connectivity index (χ1v) is 11.4. The monoisotopic (exact) mass is 429 g/mol. The summed E-state index contributed by atoms with van der Waals surface area (Å²) in [4.78, 5) is 18.3. The number of hydrogen-bond donors (Lipinski definition) is 3. The van der Waals surface area contributed by atoms with Crippen LogP contribution in [0.1, 0.15) is 26.7 Å². The first kappa shape index (κ1) is 22.0. The Balaban J connectivity index is 1.44. The second-order valence-electron chi connectivity index (χ2n) is 7.18. The zero-order valence-corrected chi connectivity index (χ0v) is 18.5. The van der Waals surface area contributed by atoms with Crippen molar-refractivity contribution in [1.29, 1.82) is 0 Å². The Hall–Kier alpha value is -2.74. The molecule has 0 atom stereocenters. The molecule has 1 aromatic heterocycles. The molecule has 0 spiro atoms. The van der Waals surface area contributed by atoms with Crippen molar-refractivity contribution in [3.63, 3.8) is 0 Å². The number of ether oxygens (including phenoxy) is 1. The standard InChI is InChI=1S/C22H31N5O2S/c1-3-23-22(26-18-9-12-27(13-10-18)21-8-5-15-30-21)24-11-14-29-20-7-4-6-19(16-20)25-17(2)28/h4-8,15-16,18H,3,9-14H2,1-2H3,(H,25,28)(H2,23,24,26). The van der Waals surface area contributed by atoms with E-state index in [-0.39, 0.29) is 5.91 Å². The number of thiophene rings is 1. The number of rotatable bonds is 8. The summed E-state index contributed by atoms with van der Waals surface area (Å²) >= 11 is 1.80. The Bertz CT molecular complexity index is 817. The largest absolute Gasteiger partial charge is 0.492 e. The predicted octanol–water partition coefficient (Wildman–Crippen LogP) is 3.31. The van der Waals surface area contributed by atoms with E-state index >= 15 is 0 Å². The Labute approximate surface area is 182 Å². The van der Waals surface area contributed by atoms with Gasteiger partial charge in [0.15, 0.2) is 5.96 Å². The molecular formula is C22H31N5O2S. The van der Waals surface area contributed by atoms with Gasteiger partial charge in [-0.2, -0.15) is 0 Å². The molecule has 0 saturated carbocycles. The highest BCUT2D eigenvalue weighted by Gasteiger charge is 2.20. The fourth-order valence-electron chi connectivity index (χ4n) is 3.40. The van der Waals surface area contributed by atoms with E-state index in [1.54, 1.807) is 11.3 Å².